The number of methoxy groups -OCH3 is 2. The van der Waals surface area contributed by atoms with Crippen molar-refractivity contribution in [3.63, 3.8) is 0 Å². The van der Waals surface area contributed by atoms with Crippen molar-refractivity contribution < 1.29 is 9.47 Å². The molecule has 0 saturated heterocycles. The molecule has 5 heteroatoms. The standard InChI is InChI=1S/C13H17N3O2/c1-8-12(17-2)5-4-9(13(8)18-3)10-7-15-16-11(10)6-14/h4-5,7H,6,14H2,1-3H3,(H,15,16). The van der Waals surface area contributed by atoms with E-state index < -0.39 is 0 Å². The average molecular weight is 247 g/mol. The van der Waals surface area contributed by atoms with Gasteiger partial charge < -0.3 is 15.2 Å². The molecule has 0 unspecified atom stereocenters. The highest BCUT2D eigenvalue weighted by Crippen LogP contribution is 2.38. The summed E-state index contributed by atoms with van der Waals surface area (Å²) in [6.07, 6.45) is 1.76. The van der Waals surface area contributed by atoms with Gasteiger partial charge >= 0.3 is 0 Å². The van der Waals surface area contributed by atoms with Gasteiger partial charge in [0.15, 0.2) is 0 Å². The van der Waals surface area contributed by atoms with Crippen molar-refractivity contribution in [3.8, 4) is 22.6 Å². The molecule has 0 amide bonds. The van der Waals surface area contributed by atoms with Crippen LogP contribution < -0.4 is 15.2 Å². The van der Waals surface area contributed by atoms with Gasteiger partial charge in [-0.1, -0.05) is 0 Å². The number of rotatable bonds is 4. The van der Waals surface area contributed by atoms with Crippen LogP contribution in [0.15, 0.2) is 18.3 Å². The minimum Gasteiger partial charge on any atom is -0.496 e. The highest BCUT2D eigenvalue weighted by atomic mass is 16.5. The van der Waals surface area contributed by atoms with Gasteiger partial charge in [0.1, 0.15) is 11.5 Å². The smallest absolute Gasteiger partial charge is 0.133 e. The van der Waals surface area contributed by atoms with Crippen LogP contribution >= 0.6 is 0 Å². The second kappa shape index (κ2) is 5.10. The monoisotopic (exact) mass is 247 g/mol. The molecule has 0 atom stereocenters. The Kier molecular flexibility index (Phi) is 3.53. The van der Waals surface area contributed by atoms with Gasteiger partial charge in [-0.05, 0) is 19.1 Å². The van der Waals surface area contributed by atoms with E-state index in [2.05, 4.69) is 10.2 Å². The number of hydrogen-bond acceptors (Lipinski definition) is 4. The zero-order chi connectivity index (χ0) is 13.1. The zero-order valence-electron chi connectivity index (χ0n) is 10.8. The number of aromatic amines is 1. The summed E-state index contributed by atoms with van der Waals surface area (Å²) in [6.45, 7) is 2.37. The van der Waals surface area contributed by atoms with E-state index in [1.54, 1.807) is 20.4 Å². The molecular weight excluding hydrogens is 230 g/mol. The number of benzene rings is 1. The van der Waals surface area contributed by atoms with Crippen molar-refractivity contribution in [1.29, 1.82) is 0 Å². The quantitative estimate of drug-likeness (QED) is 0.865. The lowest BCUT2D eigenvalue weighted by atomic mass is 10.0. The predicted octanol–water partition coefficient (Wildman–Crippen LogP) is 1.86. The molecule has 0 saturated carbocycles. The summed E-state index contributed by atoms with van der Waals surface area (Å²) in [5.41, 5.74) is 9.45. The van der Waals surface area contributed by atoms with E-state index in [0.717, 1.165) is 33.9 Å². The number of hydrogen-bond donors (Lipinski definition) is 2. The van der Waals surface area contributed by atoms with Crippen LogP contribution in [0.2, 0.25) is 0 Å². The molecule has 0 aliphatic heterocycles. The molecule has 1 aromatic carbocycles. The van der Waals surface area contributed by atoms with Crippen LogP contribution in [-0.4, -0.2) is 24.4 Å². The van der Waals surface area contributed by atoms with Crippen LogP contribution in [0.25, 0.3) is 11.1 Å². The normalized spacial score (nSPS) is 10.4. The summed E-state index contributed by atoms with van der Waals surface area (Å²) < 4.78 is 10.8. The largest absolute Gasteiger partial charge is 0.496 e. The molecule has 0 spiro atoms. The fraction of sp³-hybridized carbons (Fsp3) is 0.308. The molecule has 96 valence electrons. The number of nitrogens with zero attached hydrogens (tertiary/aromatic N) is 1. The Morgan fingerprint density at radius 1 is 1.22 bits per heavy atom. The topological polar surface area (TPSA) is 73.2 Å². The highest BCUT2D eigenvalue weighted by Gasteiger charge is 2.16. The third-order valence-corrected chi connectivity index (χ3v) is 2.99. The van der Waals surface area contributed by atoms with Crippen molar-refractivity contribution in [2.45, 2.75) is 13.5 Å². The SMILES string of the molecule is COc1ccc(-c2cn[nH]c2CN)c(OC)c1C. The van der Waals surface area contributed by atoms with E-state index in [1.807, 2.05) is 19.1 Å². The fourth-order valence-corrected chi connectivity index (χ4v) is 2.07. The van der Waals surface area contributed by atoms with Gasteiger partial charge in [0, 0.05) is 23.2 Å². The molecule has 2 aromatic rings. The lowest BCUT2D eigenvalue weighted by Crippen LogP contribution is -2.00. The zero-order valence-corrected chi connectivity index (χ0v) is 10.8. The van der Waals surface area contributed by atoms with Gasteiger partial charge in [-0.2, -0.15) is 5.10 Å². The maximum atomic E-state index is 5.68. The van der Waals surface area contributed by atoms with Crippen LogP contribution in [-0.2, 0) is 6.54 Å². The third kappa shape index (κ3) is 1.93. The molecule has 5 nitrogen and oxygen atoms in total. The Balaban J connectivity index is 2.61. The summed E-state index contributed by atoms with van der Waals surface area (Å²) in [5.74, 6) is 1.58. The Morgan fingerprint density at radius 3 is 2.61 bits per heavy atom. The fourth-order valence-electron chi connectivity index (χ4n) is 2.07. The number of ether oxygens (including phenoxy) is 2. The lowest BCUT2D eigenvalue weighted by molar-refractivity contribution is 0.390. The van der Waals surface area contributed by atoms with Gasteiger partial charge in [-0.25, -0.2) is 0 Å². The Bertz CT molecular complexity index is 549. The molecule has 0 bridgehead atoms. The molecule has 18 heavy (non-hydrogen) atoms. The lowest BCUT2D eigenvalue weighted by Gasteiger charge is -2.14. The van der Waals surface area contributed by atoms with Crippen LogP contribution in [0.5, 0.6) is 11.5 Å². The van der Waals surface area contributed by atoms with E-state index in [-0.39, 0.29) is 0 Å². The van der Waals surface area contributed by atoms with Crippen LogP contribution in [0.1, 0.15) is 11.3 Å². The number of nitrogens with two attached hydrogens (primary N) is 1. The summed E-state index contributed by atoms with van der Waals surface area (Å²) in [5, 5.41) is 6.92. The van der Waals surface area contributed by atoms with Crippen LogP contribution in [0.4, 0.5) is 0 Å². The van der Waals surface area contributed by atoms with E-state index in [9.17, 15) is 0 Å². The van der Waals surface area contributed by atoms with Crippen molar-refractivity contribution in [3.05, 3.63) is 29.6 Å². The first-order valence-electron chi connectivity index (χ1n) is 5.67. The summed E-state index contributed by atoms with van der Waals surface area (Å²) in [6, 6.07) is 3.87. The maximum Gasteiger partial charge on any atom is 0.133 e. The van der Waals surface area contributed by atoms with Gasteiger partial charge in [0.05, 0.1) is 26.1 Å². The van der Waals surface area contributed by atoms with Crippen molar-refractivity contribution in [2.75, 3.05) is 14.2 Å². The van der Waals surface area contributed by atoms with Gasteiger partial charge in [0.2, 0.25) is 0 Å². The second-order valence-electron chi connectivity index (χ2n) is 3.94. The Labute approximate surface area is 106 Å². The molecule has 1 aromatic heterocycles. The number of H-pyrrole nitrogens is 1. The number of nitrogens with one attached hydrogen (secondary N) is 1. The molecule has 0 aliphatic carbocycles. The summed E-state index contributed by atoms with van der Waals surface area (Å²) in [4.78, 5) is 0. The molecule has 0 aliphatic rings. The second-order valence-corrected chi connectivity index (χ2v) is 3.94. The van der Waals surface area contributed by atoms with Crippen molar-refractivity contribution >= 4 is 0 Å². The van der Waals surface area contributed by atoms with E-state index in [0.29, 0.717) is 6.54 Å². The average Bonchev–Trinajstić information content (AvgIpc) is 2.86. The molecule has 3 N–H and O–H groups in total. The first kappa shape index (κ1) is 12.4. The Hall–Kier alpha value is -2.01. The van der Waals surface area contributed by atoms with Crippen molar-refractivity contribution in [1.82, 2.24) is 10.2 Å². The molecule has 1 heterocycles. The van der Waals surface area contributed by atoms with E-state index in [1.165, 1.54) is 0 Å². The third-order valence-electron chi connectivity index (χ3n) is 2.99. The minimum absolute atomic E-state index is 0.406. The summed E-state index contributed by atoms with van der Waals surface area (Å²) >= 11 is 0. The predicted molar refractivity (Wildman–Crippen MR) is 69.8 cm³/mol. The molecular formula is C13H17N3O2. The van der Waals surface area contributed by atoms with Crippen LogP contribution in [0, 0.1) is 6.92 Å². The first-order valence-corrected chi connectivity index (χ1v) is 5.67. The van der Waals surface area contributed by atoms with Gasteiger partial charge in [0.25, 0.3) is 0 Å². The van der Waals surface area contributed by atoms with Gasteiger partial charge in [-0.3, -0.25) is 5.10 Å². The number of aromatic nitrogens is 2. The minimum atomic E-state index is 0.406. The first-order chi connectivity index (χ1) is 8.72. The highest BCUT2D eigenvalue weighted by molar-refractivity contribution is 5.75. The van der Waals surface area contributed by atoms with E-state index in [4.69, 9.17) is 15.2 Å². The summed E-state index contributed by atoms with van der Waals surface area (Å²) in [7, 11) is 3.29. The maximum absolute atomic E-state index is 5.68. The van der Waals surface area contributed by atoms with Crippen molar-refractivity contribution in [2.24, 2.45) is 5.73 Å². The molecule has 0 fully saturated rings. The van der Waals surface area contributed by atoms with Crippen LogP contribution in [0.3, 0.4) is 0 Å². The Morgan fingerprint density at radius 2 is 2.00 bits per heavy atom. The molecule has 0 radical (unpaired) electrons. The molecule has 2 rings (SSSR count). The van der Waals surface area contributed by atoms with E-state index >= 15 is 0 Å². The van der Waals surface area contributed by atoms with Gasteiger partial charge in [-0.15, -0.1) is 0 Å².